The number of nitrogens with zero attached hydrogens (tertiary/aromatic N) is 2. The van der Waals surface area contributed by atoms with Crippen molar-refractivity contribution in [2.45, 2.75) is 6.42 Å². The van der Waals surface area contributed by atoms with Gasteiger partial charge in [-0.05, 0) is 52.2 Å². The molecule has 0 aliphatic carbocycles. The van der Waals surface area contributed by atoms with Gasteiger partial charge in [-0.15, -0.1) is 0 Å². The second-order valence-electron chi connectivity index (χ2n) is 4.66. The van der Waals surface area contributed by atoms with Gasteiger partial charge in [-0.25, -0.2) is 9.37 Å². The lowest BCUT2D eigenvalue weighted by Gasteiger charge is -2.28. The Hall–Kier alpha value is -1.95. The van der Waals surface area contributed by atoms with E-state index >= 15 is 0 Å². The molecule has 1 amide bonds. The molecular formula is C15H12BrFN2O2. The highest BCUT2D eigenvalue weighted by molar-refractivity contribution is 9.10. The molecule has 0 spiro atoms. The molecule has 4 nitrogen and oxygen atoms in total. The minimum absolute atomic E-state index is 0.0695. The summed E-state index contributed by atoms with van der Waals surface area (Å²) in [6, 6.07) is 6.35. The lowest BCUT2D eigenvalue weighted by atomic mass is 9.98. The standard InChI is InChI=1S/C15H12BrFN2O2/c1-21-13-7-9-4-6-19(14-12(17)3-2-5-18-14)15(20)10(9)8-11(13)16/h2-3,5,7-8H,4,6H2,1H3. The minimum atomic E-state index is -0.498. The highest BCUT2D eigenvalue weighted by atomic mass is 79.9. The van der Waals surface area contributed by atoms with Gasteiger partial charge in [-0.1, -0.05) is 0 Å². The number of aromatic nitrogens is 1. The third-order valence-corrected chi connectivity index (χ3v) is 4.07. The molecule has 108 valence electrons. The first-order valence-corrected chi connectivity index (χ1v) is 7.20. The molecule has 2 aromatic rings. The first-order chi connectivity index (χ1) is 10.1. The van der Waals surface area contributed by atoms with Crippen molar-refractivity contribution >= 4 is 27.7 Å². The molecule has 0 radical (unpaired) electrons. The number of amides is 1. The van der Waals surface area contributed by atoms with Gasteiger partial charge in [-0.3, -0.25) is 9.69 Å². The maximum Gasteiger partial charge on any atom is 0.259 e. The fraction of sp³-hybridized carbons (Fsp3) is 0.200. The van der Waals surface area contributed by atoms with E-state index in [1.807, 2.05) is 6.07 Å². The summed E-state index contributed by atoms with van der Waals surface area (Å²) in [7, 11) is 1.58. The number of halogens is 2. The monoisotopic (exact) mass is 350 g/mol. The van der Waals surface area contributed by atoms with Crippen LogP contribution in [-0.2, 0) is 6.42 Å². The first kappa shape index (κ1) is 14.0. The Labute approximate surface area is 129 Å². The summed E-state index contributed by atoms with van der Waals surface area (Å²) in [5.74, 6) is -0.00168. The molecule has 0 saturated carbocycles. The van der Waals surface area contributed by atoms with Gasteiger partial charge in [0.25, 0.3) is 5.91 Å². The number of pyridine rings is 1. The van der Waals surface area contributed by atoms with Gasteiger partial charge in [0.1, 0.15) is 5.75 Å². The molecule has 6 heteroatoms. The smallest absolute Gasteiger partial charge is 0.259 e. The highest BCUT2D eigenvalue weighted by Crippen LogP contribution is 2.32. The summed E-state index contributed by atoms with van der Waals surface area (Å²) in [5.41, 5.74) is 1.44. The molecular weight excluding hydrogens is 339 g/mol. The van der Waals surface area contributed by atoms with Crippen LogP contribution in [0.5, 0.6) is 5.75 Å². The van der Waals surface area contributed by atoms with Crippen LogP contribution in [0.15, 0.2) is 34.9 Å². The van der Waals surface area contributed by atoms with E-state index < -0.39 is 5.82 Å². The quantitative estimate of drug-likeness (QED) is 0.835. The Balaban J connectivity index is 2.03. The SMILES string of the molecule is COc1cc2c(cc1Br)C(=O)N(c1ncccc1F)CC2. The Morgan fingerprint density at radius 3 is 2.95 bits per heavy atom. The Morgan fingerprint density at radius 2 is 2.24 bits per heavy atom. The second kappa shape index (κ2) is 5.44. The van der Waals surface area contributed by atoms with Crippen molar-refractivity contribution in [1.82, 2.24) is 4.98 Å². The maximum absolute atomic E-state index is 13.8. The molecule has 0 saturated heterocycles. The van der Waals surface area contributed by atoms with Crippen molar-refractivity contribution in [3.05, 3.63) is 51.9 Å². The number of benzene rings is 1. The van der Waals surface area contributed by atoms with Crippen LogP contribution in [0, 0.1) is 5.82 Å². The number of carbonyl (C=O) groups excluding carboxylic acids is 1. The molecule has 0 unspecified atom stereocenters. The van der Waals surface area contributed by atoms with Gasteiger partial charge in [0.15, 0.2) is 11.6 Å². The van der Waals surface area contributed by atoms with Crippen molar-refractivity contribution in [1.29, 1.82) is 0 Å². The van der Waals surface area contributed by atoms with Gasteiger partial charge in [-0.2, -0.15) is 0 Å². The normalized spacial score (nSPS) is 14.0. The van der Waals surface area contributed by atoms with E-state index in [1.54, 1.807) is 13.2 Å². The first-order valence-electron chi connectivity index (χ1n) is 6.40. The molecule has 3 rings (SSSR count). The van der Waals surface area contributed by atoms with E-state index in [0.29, 0.717) is 28.8 Å². The average Bonchev–Trinajstić information content (AvgIpc) is 2.49. The van der Waals surface area contributed by atoms with Crippen molar-refractivity contribution in [3.63, 3.8) is 0 Å². The van der Waals surface area contributed by atoms with E-state index in [-0.39, 0.29) is 11.7 Å². The molecule has 1 aliphatic rings. The highest BCUT2D eigenvalue weighted by Gasteiger charge is 2.29. The van der Waals surface area contributed by atoms with E-state index in [1.165, 1.54) is 23.2 Å². The minimum Gasteiger partial charge on any atom is -0.496 e. The molecule has 1 aromatic heterocycles. The Morgan fingerprint density at radius 1 is 1.43 bits per heavy atom. The topological polar surface area (TPSA) is 42.4 Å². The molecule has 1 aliphatic heterocycles. The average molecular weight is 351 g/mol. The number of anilines is 1. The van der Waals surface area contributed by atoms with Gasteiger partial charge < -0.3 is 4.74 Å². The summed E-state index contributed by atoms with van der Waals surface area (Å²) in [4.78, 5) is 17.9. The number of hydrogen-bond donors (Lipinski definition) is 0. The van der Waals surface area contributed by atoms with Crippen LogP contribution >= 0.6 is 15.9 Å². The van der Waals surface area contributed by atoms with Crippen molar-refractivity contribution in [2.24, 2.45) is 0 Å². The second-order valence-corrected chi connectivity index (χ2v) is 5.51. The summed E-state index contributed by atoms with van der Waals surface area (Å²) in [6.45, 7) is 0.393. The zero-order valence-corrected chi connectivity index (χ0v) is 12.9. The van der Waals surface area contributed by atoms with E-state index in [9.17, 15) is 9.18 Å². The Kier molecular flexibility index (Phi) is 3.63. The number of hydrogen-bond acceptors (Lipinski definition) is 3. The van der Waals surface area contributed by atoms with Crippen LogP contribution in [-0.4, -0.2) is 24.5 Å². The number of methoxy groups -OCH3 is 1. The van der Waals surface area contributed by atoms with Crippen molar-refractivity contribution < 1.29 is 13.9 Å². The molecule has 0 atom stereocenters. The Bertz CT molecular complexity index is 721. The summed E-state index contributed by atoms with van der Waals surface area (Å²) in [6.07, 6.45) is 2.10. The maximum atomic E-state index is 13.8. The molecule has 1 aromatic carbocycles. The zero-order valence-electron chi connectivity index (χ0n) is 11.3. The predicted octanol–water partition coefficient (Wildman–Crippen LogP) is 3.19. The van der Waals surface area contributed by atoms with Crippen LogP contribution in [0.4, 0.5) is 10.2 Å². The van der Waals surface area contributed by atoms with E-state index in [4.69, 9.17) is 4.74 Å². The summed E-state index contributed by atoms with van der Waals surface area (Å²) >= 11 is 3.37. The number of rotatable bonds is 2. The van der Waals surface area contributed by atoms with Crippen LogP contribution in [0.1, 0.15) is 15.9 Å². The molecule has 2 heterocycles. The van der Waals surface area contributed by atoms with Crippen molar-refractivity contribution in [2.75, 3.05) is 18.6 Å². The number of fused-ring (bicyclic) bond motifs is 1. The van der Waals surface area contributed by atoms with Gasteiger partial charge in [0, 0.05) is 18.3 Å². The zero-order chi connectivity index (χ0) is 15.0. The van der Waals surface area contributed by atoms with E-state index in [2.05, 4.69) is 20.9 Å². The molecule has 0 bridgehead atoms. The van der Waals surface area contributed by atoms with Gasteiger partial charge in [0.05, 0.1) is 11.6 Å². The molecule has 21 heavy (non-hydrogen) atoms. The number of ether oxygens (including phenoxy) is 1. The number of carbonyl (C=O) groups is 1. The third kappa shape index (κ3) is 2.40. The lowest BCUT2D eigenvalue weighted by molar-refractivity contribution is 0.0978. The third-order valence-electron chi connectivity index (χ3n) is 3.45. The fourth-order valence-electron chi connectivity index (χ4n) is 2.42. The van der Waals surface area contributed by atoms with Crippen LogP contribution in [0.2, 0.25) is 0 Å². The summed E-state index contributed by atoms with van der Waals surface area (Å²) in [5, 5.41) is 0. The largest absolute Gasteiger partial charge is 0.496 e. The van der Waals surface area contributed by atoms with Gasteiger partial charge in [0.2, 0.25) is 0 Å². The van der Waals surface area contributed by atoms with Gasteiger partial charge >= 0.3 is 0 Å². The van der Waals surface area contributed by atoms with Crippen molar-refractivity contribution in [3.8, 4) is 5.75 Å². The summed E-state index contributed by atoms with van der Waals surface area (Å²) < 4.78 is 19.8. The lowest BCUT2D eigenvalue weighted by Crippen LogP contribution is -2.38. The van der Waals surface area contributed by atoms with Crippen LogP contribution < -0.4 is 9.64 Å². The van der Waals surface area contributed by atoms with Crippen LogP contribution in [0.3, 0.4) is 0 Å². The van der Waals surface area contributed by atoms with E-state index in [0.717, 1.165) is 5.56 Å². The molecule has 0 fully saturated rings. The fourth-order valence-corrected chi connectivity index (χ4v) is 2.92. The predicted molar refractivity (Wildman–Crippen MR) is 80.3 cm³/mol. The van der Waals surface area contributed by atoms with Crippen LogP contribution in [0.25, 0.3) is 0 Å². The molecule has 0 N–H and O–H groups in total.